The summed E-state index contributed by atoms with van der Waals surface area (Å²) in [6, 6.07) is 2.03. The highest BCUT2D eigenvalue weighted by Gasteiger charge is 2.25. The van der Waals surface area contributed by atoms with Crippen LogP contribution in [-0.2, 0) is 10.3 Å². The Balaban J connectivity index is 2.74. The van der Waals surface area contributed by atoms with E-state index < -0.39 is 5.60 Å². The molecular formula is C10H16O2S. The minimum absolute atomic E-state index is 0.588. The van der Waals surface area contributed by atoms with E-state index >= 15 is 0 Å². The van der Waals surface area contributed by atoms with Crippen molar-refractivity contribution in [3.05, 3.63) is 21.9 Å². The van der Waals surface area contributed by atoms with Crippen molar-refractivity contribution < 1.29 is 9.84 Å². The molecule has 0 saturated heterocycles. The fourth-order valence-electron chi connectivity index (χ4n) is 1.34. The standard InChI is InChI=1S/C10H16O2S/c1-8-4-7-13-9(8)10(2,11)5-6-12-3/h4,7,11H,5-6H2,1-3H3. The van der Waals surface area contributed by atoms with Gasteiger partial charge in [0, 0.05) is 25.0 Å². The molecule has 3 heteroatoms. The van der Waals surface area contributed by atoms with Crippen LogP contribution in [0.5, 0.6) is 0 Å². The molecule has 0 aliphatic rings. The quantitative estimate of drug-likeness (QED) is 0.808. The van der Waals surface area contributed by atoms with Gasteiger partial charge in [-0.05, 0) is 30.9 Å². The van der Waals surface area contributed by atoms with Gasteiger partial charge < -0.3 is 9.84 Å². The maximum Gasteiger partial charge on any atom is 0.0984 e. The van der Waals surface area contributed by atoms with E-state index in [-0.39, 0.29) is 0 Å². The third-order valence-corrected chi connectivity index (χ3v) is 3.41. The monoisotopic (exact) mass is 200 g/mol. The molecule has 0 aliphatic carbocycles. The maximum absolute atomic E-state index is 10.1. The predicted octanol–water partition coefficient (Wildman–Crippen LogP) is 2.30. The molecule has 0 amide bonds. The van der Waals surface area contributed by atoms with Crippen molar-refractivity contribution in [3.8, 4) is 0 Å². The number of aliphatic hydroxyl groups is 1. The number of thiophene rings is 1. The van der Waals surface area contributed by atoms with Gasteiger partial charge in [-0.15, -0.1) is 11.3 Å². The molecule has 0 radical (unpaired) electrons. The van der Waals surface area contributed by atoms with Gasteiger partial charge in [0.1, 0.15) is 0 Å². The predicted molar refractivity (Wildman–Crippen MR) is 55.1 cm³/mol. The topological polar surface area (TPSA) is 29.5 Å². The molecule has 1 unspecified atom stereocenters. The van der Waals surface area contributed by atoms with Gasteiger partial charge in [-0.3, -0.25) is 0 Å². The molecule has 1 atom stereocenters. The van der Waals surface area contributed by atoms with Crippen molar-refractivity contribution in [3.63, 3.8) is 0 Å². The van der Waals surface area contributed by atoms with E-state index in [2.05, 4.69) is 0 Å². The van der Waals surface area contributed by atoms with E-state index in [1.807, 2.05) is 25.3 Å². The Bertz CT molecular complexity index is 266. The minimum atomic E-state index is -0.742. The van der Waals surface area contributed by atoms with E-state index in [9.17, 15) is 5.11 Å². The Labute approximate surface area is 83.2 Å². The summed E-state index contributed by atoms with van der Waals surface area (Å²) in [5, 5.41) is 12.1. The second kappa shape index (κ2) is 4.22. The fraction of sp³-hybridized carbons (Fsp3) is 0.600. The smallest absolute Gasteiger partial charge is 0.0984 e. The molecule has 1 rings (SSSR count). The lowest BCUT2D eigenvalue weighted by Gasteiger charge is -2.22. The molecule has 74 valence electrons. The molecule has 1 N–H and O–H groups in total. The second-order valence-electron chi connectivity index (χ2n) is 3.45. The lowest BCUT2D eigenvalue weighted by Crippen LogP contribution is -2.22. The highest BCUT2D eigenvalue weighted by molar-refractivity contribution is 7.10. The highest BCUT2D eigenvalue weighted by atomic mass is 32.1. The number of ether oxygens (including phenoxy) is 1. The summed E-state index contributed by atoms with van der Waals surface area (Å²) < 4.78 is 4.96. The molecule has 0 bridgehead atoms. The van der Waals surface area contributed by atoms with Crippen LogP contribution < -0.4 is 0 Å². The zero-order valence-electron chi connectivity index (χ0n) is 8.33. The van der Waals surface area contributed by atoms with Crippen LogP contribution in [0.1, 0.15) is 23.8 Å². The Morgan fingerprint density at radius 1 is 1.62 bits per heavy atom. The van der Waals surface area contributed by atoms with Crippen LogP contribution in [0.25, 0.3) is 0 Å². The largest absolute Gasteiger partial charge is 0.385 e. The van der Waals surface area contributed by atoms with Gasteiger partial charge in [0.2, 0.25) is 0 Å². The average molecular weight is 200 g/mol. The third-order valence-electron chi connectivity index (χ3n) is 2.14. The van der Waals surface area contributed by atoms with E-state index in [1.54, 1.807) is 18.4 Å². The first-order valence-corrected chi connectivity index (χ1v) is 5.22. The first-order chi connectivity index (χ1) is 6.08. The Kier molecular flexibility index (Phi) is 3.47. The molecule has 1 aromatic rings. The summed E-state index contributed by atoms with van der Waals surface area (Å²) in [5.41, 5.74) is 0.417. The Hall–Kier alpha value is -0.380. The maximum atomic E-state index is 10.1. The number of hydrogen-bond donors (Lipinski definition) is 1. The van der Waals surface area contributed by atoms with E-state index in [4.69, 9.17) is 4.74 Å². The number of rotatable bonds is 4. The van der Waals surface area contributed by atoms with Crippen molar-refractivity contribution in [2.45, 2.75) is 25.9 Å². The van der Waals surface area contributed by atoms with Crippen LogP contribution >= 0.6 is 11.3 Å². The molecule has 0 spiro atoms. The number of aryl methyl sites for hydroxylation is 1. The van der Waals surface area contributed by atoms with Crippen LogP contribution in [0.4, 0.5) is 0 Å². The van der Waals surface area contributed by atoms with Gasteiger partial charge in [0.15, 0.2) is 0 Å². The molecule has 0 fully saturated rings. The lowest BCUT2D eigenvalue weighted by molar-refractivity contribution is 0.0237. The second-order valence-corrected chi connectivity index (χ2v) is 4.37. The van der Waals surface area contributed by atoms with Gasteiger partial charge in [-0.25, -0.2) is 0 Å². The lowest BCUT2D eigenvalue weighted by atomic mass is 9.98. The van der Waals surface area contributed by atoms with E-state index in [0.717, 1.165) is 10.4 Å². The molecule has 13 heavy (non-hydrogen) atoms. The first kappa shape index (κ1) is 10.7. The normalized spacial score (nSPS) is 15.7. The number of methoxy groups -OCH3 is 1. The zero-order valence-corrected chi connectivity index (χ0v) is 9.15. The summed E-state index contributed by atoms with van der Waals surface area (Å²) in [6.07, 6.45) is 0.644. The summed E-state index contributed by atoms with van der Waals surface area (Å²) in [7, 11) is 1.65. The van der Waals surface area contributed by atoms with Gasteiger partial charge in [0.05, 0.1) is 5.60 Å². The average Bonchev–Trinajstić information content (AvgIpc) is 2.48. The van der Waals surface area contributed by atoms with Gasteiger partial charge in [-0.1, -0.05) is 0 Å². The van der Waals surface area contributed by atoms with Crippen molar-refractivity contribution in [2.24, 2.45) is 0 Å². The fourth-order valence-corrected chi connectivity index (χ4v) is 2.36. The summed E-state index contributed by atoms with van der Waals surface area (Å²) in [4.78, 5) is 1.05. The van der Waals surface area contributed by atoms with Crippen LogP contribution in [-0.4, -0.2) is 18.8 Å². The molecule has 0 aliphatic heterocycles. The van der Waals surface area contributed by atoms with Gasteiger partial charge >= 0.3 is 0 Å². The van der Waals surface area contributed by atoms with Crippen LogP contribution in [0, 0.1) is 6.92 Å². The van der Waals surface area contributed by atoms with Crippen LogP contribution in [0.2, 0.25) is 0 Å². The summed E-state index contributed by atoms with van der Waals surface area (Å²) in [6.45, 7) is 4.45. The van der Waals surface area contributed by atoms with Crippen LogP contribution in [0.15, 0.2) is 11.4 Å². The van der Waals surface area contributed by atoms with Crippen molar-refractivity contribution >= 4 is 11.3 Å². The molecule has 0 saturated carbocycles. The molecule has 1 aromatic heterocycles. The summed E-state index contributed by atoms with van der Waals surface area (Å²) >= 11 is 1.60. The molecular weight excluding hydrogens is 184 g/mol. The third kappa shape index (κ3) is 2.53. The van der Waals surface area contributed by atoms with Crippen molar-refractivity contribution in [1.29, 1.82) is 0 Å². The zero-order chi connectivity index (χ0) is 9.90. The Morgan fingerprint density at radius 3 is 2.77 bits per heavy atom. The van der Waals surface area contributed by atoms with Crippen molar-refractivity contribution in [2.75, 3.05) is 13.7 Å². The SMILES string of the molecule is COCCC(C)(O)c1sccc1C. The molecule has 2 nitrogen and oxygen atoms in total. The van der Waals surface area contributed by atoms with E-state index in [0.29, 0.717) is 13.0 Å². The minimum Gasteiger partial charge on any atom is -0.385 e. The summed E-state index contributed by atoms with van der Waals surface area (Å²) in [5.74, 6) is 0. The molecule has 0 aromatic carbocycles. The van der Waals surface area contributed by atoms with Crippen molar-refractivity contribution in [1.82, 2.24) is 0 Å². The van der Waals surface area contributed by atoms with Gasteiger partial charge in [0.25, 0.3) is 0 Å². The van der Waals surface area contributed by atoms with Crippen LogP contribution in [0.3, 0.4) is 0 Å². The first-order valence-electron chi connectivity index (χ1n) is 4.34. The molecule has 1 heterocycles. The number of hydrogen-bond acceptors (Lipinski definition) is 3. The van der Waals surface area contributed by atoms with E-state index in [1.165, 1.54) is 0 Å². The Morgan fingerprint density at radius 2 is 2.31 bits per heavy atom. The highest BCUT2D eigenvalue weighted by Crippen LogP contribution is 2.31. The van der Waals surface area contributed by atoms with Gasteiger partial charge in [-0.2, -0.15) is 0 Å².